The minimum absolute atomic E-state index is 0.167. The third kappa shape index (κ3) is 32.7. The monoisotopic (exact) mass is 176 g/mol. The van der Waals surface area contributed by atoms with E-state index in [0.717, 1.165) is 25.9 Å². The molecule has 0 atom stereocenters. The van der Waals surface area contributed by atoms with E-state index in [1.54, 1.807) is 13.8 Å². The molecule has 0 saturated heterocycles. The number of unbranched alkanes of at least 4 members (excludes halogenated alkanes) is 3. The molecule has 0 radical (unpaired) electrons. The zero-order chi connectivity index (χ0) is 9.82. The summed E-state index contributed by atoms with van der Waals surface area (Å²) in [6.45, 7) is 5.09. The molecule has 0 aromatic carbocycles. The topological polar surface area (TPSA) is 72.3 Å². The van der Waals surface area contributed by atoms with Crippen LogP contribution in [0.2, 0.25) is 0 Å². The molecule has 0 aliphatic rings. The van der Waals surface area contributed by atoms with Crippen LogP contribution in [0.4, 0.5) is 0 Å². The normalized spacial score (nSPS) is 9.50. The third-order valence-electron chi connectivity index (χ3n) is 1.16. The average Bonchev–Trinajstić information content (AvgIpc) is 1.97. The number of hydrogen-bond acceptors (Lipinski definition) is 3. The van der Waals surface area contributed by atoms with Crippen molar-refractivity contribution in [3.8, 4) is 0 Å². The van der Waals surface area contributed by atoms with Gasteiger partial charge in [0, 0.05) is 6.10 Å². The van der Waals surface area contributed by atoms with Gasteiger partial charge in [-0.05, 0) is 39.8 Å². The SMILES string of the molecule is CC(C)O.NCCCCCCN. The van der Waals surface area contributed by atoms with Crippen LogP contribution in [0.5, 0.6) is 0 Å². The highest BCUT2D eigenvalue weighted by Crippen LogP contribution is 1.95. The summed E-state index contributed by atoms with van der Waals surface area (Å²) in [5.74, 6) is 0. The Balaban J connectivity index is 0. The summed E-state index contributed by atoms with van der Waals surface area (Å²) in [6, 6.07) is 0. The van der Waals surface area contributed by atoms with Gasteiger partial charge in [0.1, 0.15) is 0 Å². The Bertz CT molecular complexity index is 58.8. The molecule has 0 amide bonds. The van der Waals surface area contributed by atoms with Gasteiger partial charge in [-0.2, -0.15) is 0 Å². The molecule has 0 saturated carbocycles. The Morgan fingerprint density at radius 3 is 1.33 bits per heavy atom. The molecule has 76 valence electrons. The van der Waals surface area contributed by atoms with Gasteiger partial charge in [0.05, 0.1) is 0 Å². The standard InChI is InChI=1S/C6H16N2.C3H8O/c7-5-3-1-2-4-6-8;1-3(2)4/h1-8H2;3-4H,1-2H3. The largest absolute Gasteiger partial charge is 0.394 e. The summed E-state index contributed by atoms with van der Waals surface area (Å²) < 4.78 is 0. The number of aliphatic hydroxyl groups is 1. The van der Waals surface area contributed by atoms with E-state index in [9.17, 15) is 0 Å². The second kappa shape index (κ2) is 13.5. The first-order valence-corrected chi connectivity index (χ1v) is 4.73. The summed E-state index contributed by atoms with van der Waals surface area (Å²) in [6.07, 6.45) is 4.63. The van der Waals surface area contributed by atoms with Gasteiger partial charge in [0.25, 0.3) is 0 Å². The quantitative estimate of drug-likeness (QED) is 0.544. The van der Waals surface area contributed by atoms with E-state index in [2.05, 4.69) is 0 Å². The Hall–Kier alpha value is -0.120. The predicted molar refractivity (Wildman–Crippen MR) is 53.9 cm³/mol. The highest BCUT2D eigenvalue weighted by Gasteiger charge is 1.83. The smallest absolute Gasteiger partial charge is 0.0483 e. The van der Waals surface area contributed by atoms with Crippen molar-refractivity contribution in [1.29, 1.82) is 0 Å². The van der Waals surface area contributed by atoms with Crippen molar-refractivity contribution in [3.05, 3.63) is 0 Å². The fraction of sp³-hybridized carbons (Fsp3) is 1.00. The van der Waals surface area contributed by atoms with E-state index in [-0.39, 0.29) is 6.10 Å². The summed E-state index contributed by atoms with van der Waals surface area (Å²) in [4.78, 5) is 0. The second-order valence-corrected chi connectivity index (χ2v) is 3.09. The molecule has 0 unspecified atom stereocenters. The first-order chi connectivity index (χ1) is 5.65. The zero-order valence-electron chi connectivity index (χ0n) is 8.42. The average molecular weight is 176 g/mol. The van der Waals surface area contributed by atoms with Crippen LogP contribution in [0.25, 0.3) is 0 Å². The second-order valence-electron chi connectivity index (χ2n) is 3.09. The molecule has 12 heavy (non-hydrogen) atoms. The lowest BCUT2D eigenvalue weighted by Gasteiger charge is -1.94. The first-order valence-electron chi connectivity index (χ1n) is 4.73. The molecule has 0 aromatic heterocycles. The van der Waals surface area contributed by atoms with Crippen LogP contribution < -0.4 is 11.5 Å². The van der Waals surface area contributed by atoms with Gasteiger partial charge >= 0.3 is 0 Å². The highest BCUT2D eigenvalue weighted by molar-refractivity contribution is 4.43. The first kappa shape index (κ1) is 14.4. The third-order valence-corrected chi connectivity index (χ3v) is 1.16. The molecule has 0 fully saturated rings. The van der Waals surface area contributed by atoms with E-state index in [1.807, 2.05) is 0 Å². The highest BCUT2D eigenvalue weighted by atomic mass is 16.3. The molecule has 0 rings (SSSR count). The van der Waals surface area contributed by atoms with Crippen LogP contribution in [0.15, 0.2) is 0 Å². The number of hydrogen-bond donors (Lipinski definition) is 3. The van der Waals surface area contributed by atoms with Crippen LogP contribution in [0, 0.1) is 0 Å². The molecular formula is C9H24N2O. The zero-order valence-corrected chi connectivity index (χ0v) is 8.42. The van der Waals surface area contributed by atoms with Crippen molar-refractivity contribution in [1.82, 2.24) is 0 Å². The van der Waals surface area contributed by atoms with Crippen LogP contribution in [0.3, 0.4) is 0 Å². The van der Waals surface area contributed by atoms with Crippen LogP contribution in [-0.2, 0) is 0 Å². The van der Waals surface area contributed by atoms with E-state index >= 15 is 0 Å². The number of aliphatic hydroxyl groups excluding tert-OH is 1. The molecule has 0 aliphatic heterocycles. The van der Waals surface area contributed by atoms with Crippen molar-refractivity contribution in [2.24, 2.45) is 11.5 Å². The Morgan fingerprint density at radius 1 is 0.917 bits per heavy atom. The van der Waals surface area contributed by atoms with Gasteiger partial charge in [0.2, 0.25) is 0 Å². The van der Waals surface area contributed by atoms with Gasteiger partial charge in [-0.25, -0.2) is 0 Å². The minimum atomic E-state index is -0.167. The maximum absolute atomic E-state index is 8.06. The Labute approximate surface area is 76.1 Å². The van der Waals surface area contributed by atoms with Crippen LogP contribution >= 0.6 is 0 Å². The maximum Gasteiger partial charge on any atom is 0.0483 e. The van der Waals surface area contributed by atoms with Crippen molar-refractivity contribution in [3.63, 3.8) is 0 Å². The number of rotatable bonds is 5. The number of nitrogens with two attached hydrogens (primary N) is 2. The van der Waals surface area contributed by atoms with Crippen molar-refractivity contribution < 1.29 is 5.11 Å². The summed E-state index contributed by atoms with van der Waals surface area (Å²) in [5.41, 5.74) is 10.6. The lowest BCUT2D eigenvalue weighted by Crippen LogP contribution is -2.00. The van der Waals surface area contributed by atoms with E-state index in [4.69, 9.17) is 16.6 Å². The van der Waals surface area contributed by atoms with Crippen molar-refractivity contribution in [2.45, 2.75) is 45.6 Å². The summed E-state index contributed by atoms with van der Waals surface area (Å²) in [5, 5.41) is 8.06. The molecular weight excluding hydrogens is 152 g/mol. The maximum atomic E-state index is 8.06. The predicted octanol–water partition coefficient (Wildman–Crippen LogP) is 0.851. The van der Waals surface area contributed by atoms with Crippen molar-refractivity contribution >= 4 is 0 Å². The minimum Gasteiger partial charge on any atom is -0.394 e. The molecule has 0 aromatic rings. The van der Waals surface area contributed by atoms with Gasteiger partial charge in [-0.3, -0.25) is 0 Å². The molecule has 0 aliphatic carbocycles. The van der Waals surface area contributed by atoms with Crippen LogP contribution in [0.1, 0.15) is 39.5 Å². The Kier molecular flexibility index (Phi) is 16.2. The molecule has 0 spiro atoms. The fourth-order valence-electron chi connectivity index (χ4n) is 0.642. The fourth-order valence-corrected chi connectivity index (χ4v) is 0.642. The molecule has 3 nitrogen and oxygen atoms in total. The molecule has 0 heterocycles. The summed E-state index contributed by atoms with van der Waals surface area (Å²) >= 11 is 0. The van der Waals surface area contributed by atoms with Gasteiger partial charge in [-0.15, -0.1) is 0 Å². The molecule has 3 heteroatoms. The van der Waals surface area contributed by atoms with Gasteiger partial charge in [0.15, 0.2) is 0 Å². The van der Waals surface area contributed by atoms with Crippen molar-refractivity contribution in [2.75, 3.05) is 13.1 Å². The van der Waals surface area contributed by atoms with E-state index < -0.39 is 0 Å². The lowest BCUT2D eigenvalue weighted by molar-refractivity contribution is 0.216. The van der Waals surface area contributed by atoms with Gasteiger partial charge in [-0.1, -0.05) is 12.8 Å². The molecule has 0 bridgehead atoms. The van der Waals surface area contributed by atoms with E-state index in [0.29, 0.717) is 0 Å². The Morgan fingerprint density at radius 2 is 1.17 bits per heavy atom. The van der Waals surface area contributed by atoms with Gasteiger partial charge < -0.3 is 16.6 Å². The van der Waals surface area contributed by atoms with E-state index in [1.165, 1.54) is 12.8 Å². The lowest BCUT2D eigenvalue weighted by atomic mass is 10.2. The summed E-state index contributed by atoms with van der Waals surface area (Å²) in [7, 11) is 0. The molecule has 5 N–H and O–H groups in total. The van der Waals surface area contributed by atoms with Crippen LogP contribution in [-0.4, -0.2) is 24.3 Å².